The van der Waals surface area contributed by atoms with E-state index in [-0.39, 0.29) is 83.0 Å². The molecule has 1 unspecified atom stereocenters. The van der Waals surface area contributed by atoms with Crippen LogP contribution in [0.25, 0.3) is 0 Å². The maximum Gasteiger partial charge on any atom is 0.317 e. The number of anilines is 1. The number of hydrogen-bond donors (Lipinski definition) is 7. The summed E-state index contributed by atoms with van der Waals surface area (Å²) in [7, 11) is -1.79. The molecule has 0 radical (unpaired) electrons. The fraction of sp³-hybridized carbons (Fsp3) is 0.400. The van der Waals surface area contributed by atoms with Gasteiger partial charge in [-0.05, 0) is 92.0 Å². The topological polar surface area (TPSA) is 220 Å². The number of nitrogens with zero attached hydrogens (tertiary/aromatic N) is 3. The number of thiocarbonyl (C=S) groups is 1. The van der Waals surface area contributed by atoms with Crippen molar-refractivity contribution in [3.05, 3.63) is 121 Å². The van der Waals surface area contributed by atoms with Gasteiger partial charge >= 0.3 is 29.8 Å². The summed E-state index contributed by atoms with van der Waals surface area (Å²) >= 11 is 5.54. The second-order valence-electron chi connectivity index (χ2n) is 16.6. The Labute approximate surface area is 453 Å². The molecule has 4 aromatic carbocycles. The van der Waals surface area contributed by atoms with Gasteiger partial charge < -0.3 is 53.1 Å². The number of carbonyl (C=O) groups is 5. The molecule has 69 heavy (non-hydrogen) atoms. The normalized spacial score (nSPS) is 11.6. The largest absolute Gasteiger partial charge is 1.00 e. The fourth-order valence-corrected chi connectivity index (χ4v) is 13.0. The minimum absolute atomic E-state index is 0. The Kier molecular flexibility index (Phi) is 29.8. The first-order valence-corrected chi connectivity index (χ1v) is 25.1. The van der Waals surface area contributed by atoms with Crippen LogP contribution in [0.3, 0.4) is 0 Å². The van der Waals surface area contributed by atoms with Crippen LogP contribution in [0.15, 0.2) is 115 Å². The molecule has 0 amide bonds. The molecule has 0 aliphatic heterocycles. The van der Waals surface area contributed by atoms with Crippen LogP contribution >= 0.6 is 19.5 Å². The van der Waals surface area contributed by atoms with E-state index < -0.39 is 75.9 Å². The van der Waals surface area contributed by atoms with Crippen molar-refractivity contribution in [1.82, 2.24) is 20.0 Å². The predicted molar refractivity (Wildman–Crippen MR) is 268 cm³/mol. The Bertz CT molecular complexity index is 2040. The minimum Gasteiger partial charge on any atom is -1.00 e. The number of rotatable bonds is 33. The molecule has 4 rings (SSSR count). The van der Waals surface area contributed by atoms with Gasteiger partial charge in [0.1, 0.15) is 23.2 Å². The Morgan fingerprint density at radius 2 is 0.913 bits per heavy atom. The standard InChI is InChI=1S/C50H64N5O10PS.BrH.Gd/c56-45(57)34-53(29-30-54(35-46(58)59)36-47(60)61)33-41(55(37-48(62)63)38-49(64)65)32-39-24-26-40(27-25-39)52-50(67)51-28-16-5-3-1-2-4-6-17-31-66(42-18-10-7-11-19-42,43-20-12-8-13-21-43)44-22-14-9-15-23-44;;/h7-15,18-27,41H,1-6,16-17,28-38H2,(H6-,51,52,56,57,58,59,60,61,62,63,64,65,67);1H;. The summed E-state index contributed by atoms with van der Waals surface area (Å²) in [6, 6.07) is 39.5. The first-order valence-electron chi connectivity index (χ1n) is 22.7. The van der Waals surface area contributed by atoms with Gasteiger partial charge in [0.15, 0.2) is 5.11 Å². The zero-order valence-corrected chi connectivity index (χ0v) is 44.3. The first-order chi connectivity index (χ1) is 32.2. The summed E-state index contributed by atoms with van der Waals surface area (Å²) in [5.41, 5.74) is 1.41. The molecule has 0 spiro atoms. The van der Waals surface area contributed by atoms with E-state index >= 15 is 0 Å². The van der Waals surface area contributed by atoms with Crippen molar-refractivity contribution in [3.8, 4) is 0 Å². The van der Waals surface area contributed by atoms with Crippen molar-refractivity contribution in [3.63, 3.8) is 0 Å². The second kappa shape index (κ2) is 33.6. The van der Waals surface area contributed by atoms with Gasteiger partial charge in [0, 0.05) is 77.8 Å². The van der Waals surface area contributed by atoms with Gasteiger partial charge in [0.25, 0.3) is 0 Å². The second-order valence-corrected chi connectivity index (χ2v) is 20.6. The Balaban J connectivity index is 0.00000817. The molecule has 0 heterocycles. The smallest absolute Gasteiger partial charge is 0.317 e. The van der Waals surface area contributed by atoms with Gasteiger partial charge in [0.2, 0.25) is 0 Å². The zero-order valence-electron chi connectivity index (χ0n) is 38.7. The van der Waals surface area contributed by atoms with Gasteiger partial charge in [0.05, 0.1) is 38.9 Å². The quantitative estimate of drug-likeness (QED) is 0.0207. The number of carboxylic acids is 5. The van der Waals surface area contributed by atoms with Crippen molar-refractivity contribution >= 4 is 76.0 Å². The predicted octanol–water partition coefficient (Wildman–Crippen LogP) is 2.33. The molecule has 0 saturated heterocycles. The summed E-state index contributed by atoms with van der Waals surface area (Å²) < 4.78 is 0. The number of aliphatic carboxylic acids is 5. The van der Waals surface area contributed by atoms with Crippen LogP contribution in [-0.4, -0.2) is 146 Å². The van der Waals surface area contributed by atoms with E-state index in [2.05, 4.69) is 102 Å². The van der Waals surface area contributed by atoms with E-state index in [0.717, 1.165) is 36.9 Å². The molecule has 19 heteroatoms. The zero-order chi connectivity index (χ0) is 48.4. The third-order valence-electron chi connectivity index (χ3n) is 11.5. The number of nitrogens with one attached hydrogen (secondary N) is 2. The van der Waals surface area contributed by atoms with Crippen molar-refractivity contribution in [2.24, 2.45) is 0 Å². The Hall–Kier alpha value is -3.97. The maximum atomic E-state index is 11.8. The molecule has 0 aromatic heterocycles. The molecule has 0 saturated carbocycles. The molecule has 1 atom stereocenters. The molecule has 7 N–H and O–H groups in total. The van der Waals surface area contributed by atoms with Crippen LogP contribution in [0.1, 0.15) is 56.9 Å². The molecular formula is C50H65BrGdN5O10PS. The number of hydrogen-bond acceptors (Lipinski definition) is 9. The first kappa shape index (κ1) is 61.2. The summed E-state index contributed by atoms with van der Waals surface area (Å²) in [5, 5.41) is 58.5. The molecule has 4 aromatic rings. The van der Waals surface area contributed by atoms with Crippen molar-refractivity contribution in [2.75, 3.05) is 70.4 Å². The molecule has 376 valence electrons. The van der Waals surface area contributed by atoms with E-state index in [1.54, 1.807) is 24.3 Å². The van der Waals surface area contributed by atoms with E-state index in [1.165, 1.54) is 57.8 Å². The van der Waals surface area contributed by atoms with Crippen molar-refractivity contribution in [2.45, 2.75) is 63.8 Å². The molecule has 0 bridgehead atoms. The van der Waals surface area contributed by atoms with Crippen LogP contribution in [0, 0.1) is 39.9 Å². The van der Waals surface area contributed by atoms with Crippen molar-refractivity contribution < 1.29 is 106 Å². The number of carboxylic acid groups (broad SMARTS) is 5. The minimum atomic E-state index is -1.79. The Morgan fingerprint density at radius 1 is 0.522 bits per heavy atom. The Morgan fingerprint density at radius 3 is 1.35 bits per heavy atom. The summed E-state index contributed by atoms with van der Waals surface area (Å²) in [5.74, 6) is -6.30. The number of benzene rings is 4. The third kappa shape index (κ3) is 22.8. The van der Waals surface area contributed by atoms with Gasteiger partial charge in [-0.3, -0.25) is 38.7 Å². The number of halogens is 1. The molecule has 0 fully saturated rings. The maximum absolute atomic E-state index is 11.8. The third-order valence-corrected chi connectivity index (χ3v) is 16.2. The van der Waals surface area contributed by atoms with Gasteiger partial charge in [-0.25, -0.2) is 0 Å². The fourth-order valence-electron chi connectivity index (χ4n) is 8.36. The molecule has 15 nitrogen and oxygen atoms in total. The molecule has 0 aliphatic rings. The van der Waals surface area contributed by atoms with Crippen LogP contribution in [0.4, 0.5) is 5.69 Å². The summed E-state index contributed by atoms with van der Waals surface area (Å²) in [4.78, 5) is 61.9. The number of unbranched alkanes of at least 4 members (excludes halogenated alkanes) is 7. The molecule has 0 aliphatic carbocycles. The summed E-state index contributed by atoms with van der Waals surface area (Å²) in [6.45, 7) is -2.56. The van der Waals surface area contributed by atoms with Gasteiger partial charge in [-0.15, -0.1) is 0 Å². The SMILES string of the molecule is O=C(O)CN(CCN(CC(=O)O)CC(Cc1ccc(NC(=S)NCCCCCCCCCC[P+](c2ccccc2)(c2ccccc2)c2ccccc2)cc1)N(CC(=O)O)CC(=O)O)CC(=O)O.[Br-].[Gd]. The molecular weight excluding hydrogens is 1130 g/mol. The monoisotopic (exact) mass is 1200 g/mol. The van der Waals surface area contributed by atoms with E-state index in [0.29, 0.717) is 16.4 Å². The van der Waals surface area contributed by atoms with Crippen LogP contribution in [-0.2, 0) is 30.4 Å². The van der Waals surface area contributed by atoms with Gasteiger partial charge in [-0.1, -0.05) is 98.8 Å². The van der Waals surface area contributed by atoms with Crippen LogP contribution in [0.5, 0.6) is 0 Å². The van der Waals surface area contributed by atoms with Gasteiger partial charge in [-0.2, -0.15) is 0 Å². The average Bonchev–Trinajstić information content (AvgIpc) is 3.29. The summed E-state index contributed by atoms with van der Waals surface area (Å²) in [6.07, 6.45) is 10.5. The van der Waals surface area contributed by atoms with E-state index in [9.17, 15) is 49.5 Å². The van der Waals surface area contributed by atoms with Crippen molar-refractivity contribution in [1.29, 1.82) is 0 Å². The van der Waals surface area contributed by atoms with Crippen LogP contribution < -0.4 is 43.5 Å². The van der Waals surface area contributed by atoms with Crippen LogP contribution in [0.2, 0.25) is 0 Å². The van der Waals surface area contributed by atoms with E-state index in [1.807, 2.05) is 0 Å². The average molecular weight is 1200 g/mol. The van der Waals surface area contributed by atoms with E-state index in [4.69, 9.17) is 12.2 Å².